The summed E-state index contributed by atoms with van der Waals surface area (Å²) >= 11 is 0. The van der Waals surface area contributed by atoms with Gasteiger partial charge in [-0.05, 0) is 39.8 Å². The van der Waals surface area contributed by atoms with Crippen LogP contribution in [0.15, 0.2) is 109 Å². The molecule has 0 aliphatic carbocycles. The van der Waals surface area contributed by atoms with Gasteiger partial charge in [-0.1, -0.05) is 118 Å². The number of ether oxygens (including phenoxy) is 4. The molecule has 4 aromatic carbocycles. The first-order valence-corrected chi connectivity index (χ1v) is 15.3. The van der Waals surface area contributed by atoms with Crippen molar-refractivity contribution < 1.29 is 28.8 Å². The van der Waals surface area contributed by atoms with E-state index in [0.717, 1.165) is 22.3 Å². The minimum atomic E-state index is -1.19. The third-order valence-corrected chi connectivity index (χ3v) is 9.17. The molecule has 2 saturated heterocycles. The SMILES string of the molecule is COc1ccc(CN2[C@@H]3[C@@H](COC(c4ccccc4)(c4ccccc4)c4ccccc4)OC(=O)[C@@]32C(O)C(C)(C)C)cc1OC. The number of cyclic esters (lactones) is 1. The predicted octanol–water partition coefficient (Wildman–Crippen LogP) is 5.97. The van der Waals surface area contributed by atoms with E-state index in [1.54, 1.807) is 14.2 Å². The molecule has 0 radical (unpaired) electrons. The van der Waals surface area contributed by atoms with Crippen molar-refractivity contribution in [2.24, 2.45) is 5.41 Å². The highest BCUT2D eigenvalue weighted by atomic mass is 16.6. The Morgan fingerprint density at radius 3 is 1.78 bits per heavy atom. The van der Waals surface area contributed by atoms with Gasteiger partial charge in [-0.3, -0.25) is 4.90 Å². The standard InChI is InChI=1S/C38H41NO6/c1-36(2,3)34(40)37-33(39(37)24-26-21-22-30(42-4)31(23-26)43-5)32(45-35(37)41)25-44-38(27-15-9-6-10-16-27,28-17-11-7-12-18-28)29-19-13-8-14-20-29/h6-23,32-34,40H,24-25H2,1-5H3/t32-,33-,34?,37+,39?/m1/s1. The highest BCUT2D eigenvalue weighted by Crippen LogP contribution is 2.57. The van der Waals surface area contributed by atoms with Crippen LogP contribution in [0.25, 0.3) is 0 Å². The lowest BCUT2D eigenvalue weighted by Gasteiger charge is -2.36. The quantitative estimate of drug-likeness (QED) is 0.128. The van der Waals surface area contributed by atoms with Gasteiger partial charge in [0.05, 0.1) is 33.0 Å². The van der Waals surface area contributed by atoms with E-state index in [1.807, 2.05) is 93.6 Å². The number of aliphatic hydroxyl groups is 1. The van der Waals surface area contributed by atoms with Gasteiger partial charge in [0.2, 0.25) is 0 Å². The number of fused-ring (bicyclic) bond motifs is 1. The molecule has 0 aromatic heterocycles. The number of carbonyl (C=O) groups excluding carboxylic acids is 1. The summed E-state index contributed by atoms with van der Waals surface area (Å²) < 4.78 is 24.1. The molecular weight excluding hydrogens is 566 g/mol. The molecule has 2 fully saturated rings. The monoisotopic (exact) mass is 607 g/mol. The number of esters is 1. The number of morpholine rings is 1. The number of methoxy groups -OCH3 is 2. The van der Waals surface area contributed by atoms with E-state index in [1.165, 1.54) is 0 Å². The predicted molar refractivity (Wildman–Crippen MR) is 172 cm³/mol. The van der Waals surface area contributed by atoms with Gasteiger partial charge in [0.1, 0.15) is 11.7 Å². The van der Waals surface area contributed by atoms with Gasteiger partial charge < -0.3 is 24.1 Å². The Balaban J connectivity index is 1.38. The second-order valence-electron chi connectivity index (χ2n) is 12.9. The number of hydrogen-bond acceptors (Lipinski definition) is 7. The van der Waals surface area contributed by atoms with E-state index in [9.17, 15) is 9.90 Å². The van der Waals surface area contributed by atoms with Crippen LogP contribution in [0.5, 0.6) is 11.5 Å². The largest absolute Gasteiger partial charge is 0.493 e. The summed E-state index contributed by atoms with van der Waals surface area (Å²) in [4.78, 5) is 15.9. The highest BCUT2D eigenvalue weighted by molar-refractivity contribution is 5.90. The van der Waals surface area contributed by atoms with Crippen molar-refractivity contribution in [1.29, 1.82) is 0 Å². The van der Waals surface area contributed by atoms with Crippen LogP contribution >= 0.6 is 0 Å². The average Bonchev–Trinajstić information content (AvgIpc) is 3.62. The maximum atomic E-state index is 13.9. The fourth-order valence-electron chi connectivity index (χ4n) is 7.00. The van der Waals surface area contributed by atoms with Gasteiger partial charge in [0.25, 0.3) is 0 Å². The summed E-state index contributed by atoms with van der Waals surface area (Å²) in [5.41, 5.74) is 1.10. The van der Waals surface area contributed by atoms with Crippen LogP contribution in [-0.4, -0.2) is 60.6 Å². The van der Waals surface area contributed by atoms with Crippen LogP contribution in [0, 0.1) is 5.41 Å². The maximum absolute atomic E-state index is 13.9. The molecule has 2 aliphatic rings. The van der Waals surface area contributed by atoms with Crippen molar-refractivity contribution in [1.82, 2.24) is 4.90 Å². The van der Waals surface area contributed by atoms with Gasteiger partial charge in [-0.2, -0.15) is 0 Å². The molecule has 4 aromatic rings. The van der Waals surface area contributed by atoms with Crippen LogP contribution in [0.4, 0.5) is 0 Å². The molecule has 2 heterocycles. The van der Waals surface area contributed by atoms with Gasteiger partial charge in [-0.15, -0.1) is 0 Å². The van der Waals surface area contributed by atoms with Crippen molar-refractivity contribution in [3.8, 4) is 11.5 Å². The Labute approximate surface area is 265 Å². The molecule has 234 valence electrons. The van der Waals surface area contributed by atoms with Crippen LogP contribution in [0.3, 0.4) is 0 Å². The summed E-state index contributed by atoms with van der Waals surface area (Å²) in [6.07, 6.45) is -1.57. The summed E-state index contributed by atoms with van der Waals surface area (Å²) in [6.45, 7) is 6.37. The van der Waals surface area contributed by atoms with E-state index in [2.05, 4.69) is 41.3 Å². The van der Waals surface area contributed by atoms with Gasteiger partial charge in [0, 0.05) is 6.54 Å². The lowest BCUT2D eigenvalue weighted by molar-refractivity contribution is -0.159. The third-order valence-electron chi connectivity index (χ3n) is 9.17. The lowest BCUT2D eigenvalue weighted by Crippen LogP contribution is -2.48. The Morgan fingerprint density at radius 1 is 0.800 bits per heavy atom. The minimum Gasteiger partial charge on any atom is -0.493 e. The lowest BCUT2D eigenvalue weighted by atomic mass is 9.79. The topological polar surface area (TPSA) is 77.2 Å². The normalized spacial score (nSPS) is 23.2. The molecule has 0 bridgehead atoms. The fourth-order valence-corrected chi connectivity index (χ4v) is 7.00. The maximum Gasteiger partial charge on any atom is 0.331 e. The molecule has 5 atom stereocenters. The first-order chi connectivity index (χ1) is 21.7. The van der Waals surface area contributed by atoms with E-state index in [0.29, 0.717) is 18.0 Å². The molecule has 2 unspecified atom stereocenters. The van der Waals surface area contributed by atoms with Crippen molar-refractivity contribution in [3.63, 3.8) is 0 Å². The molecule has 2 aliphatic heterocycles. The number of benzene rings is 4. The zero-order valence-corrected chi connectivity index (χ0v) is 26.5. The second-order valence-corrected chi connectivity index (χ2v) is 12.9. The van der Waals surface area contributed by atoms with E-state index in [4.69, 9.17) is 18.9 Å². The van der Waals surface area contributed by atoms with Crippen LogP contribution in [0.2, 0.25) is 0 Å². The fraction of sp³-hybridized carbons (Fsp3) is 0.342. The second kappa shape index (κ2) is 12.0. The number of nitrogens with zero attached hydrogens (tertiary/aromatic N) is 1. The zero-order valence-electron chi connectivity index (χ0n) is 26.5. The number of aliphatic hydroxyl groups excluding tert-OH is 1. The van der Waals surface area contributed by atoms with Crippen molar-refractivity contribution in [3.05, 3.63) is 131 Å². The number of rotatable bonds is 11. The molecule has 45 heavy (non-hydrogen) atoms. The van der Waals surface area contributed by atoms with Crippen LogP contribution < -0.4 is 9.47 Å². The molecule has 0 amide bonds. The molecule has 6 rings (SSSR count). The number of hydrogen-bond donors (Lipinski definition) is 1. The van der Waals surface area contributed by atoms with E-state index in [-0.39, 0.29) is 12.6 Å². The van der Waals surface area contributed by atoms with Crippen molar-refractivity contribution in [2.45, 2.75) is 56.7 Å². The molecule has 7 nitrogen and oxygen atoms in total. The average molecular weight is 608 g/mol. The summed E-state index contributed by atoms with van der Waals surface area (Å²) in [7, 11) is 3.20. The summed E-state index contributed by atoms with van der Waals surface area (Å²) in [6, 6.07) is 35.7. The van der Waals surface area contributed by atoms with Gasteiger partial charge >= 0.3 is 5.97 Å². The van der Waals surface area contributed by atoms with Crippen molar-refractivity contribution in [2.75, 3.05) is 20.8 Å². The summed E-state index contributed by atoms with van der Waals surface area (Å²) in [5, 5.41) is 11.7. The van der Waals surface area contributed by atoms with Gasteiger partial charge in [0.15, 0.2) is 17.0 Å². The van der Waals surface area contributed by atoms with Crippen molar-refractivity contribution >= 4 is 5.97 Å². The Hall–Kier alpha value is -4.17. The Bertz CT molecular complexity index is 1520. The van der Waals surface area contributed by atoms with E-state index < -0.39 is 34.7 Å². The zero-order chi connectivity index (χ0) is 31.8. The molecule has 7 heteroatoms. The first kappa shape index (κ1) is 30.8. The minimum absolute atomic E-state index is 0.121. The molecular formula is C38H41NO6. The molecule has 1 N–H and O–H groups in total. The number of carbonyl (C=O) groups is 1. The Morgan fingerprint density at radius 2 is 1.31 bits per heavy atom. The molecule has 0 saturated carbocycles. The first-order valence-electron chi connectivity index (χ1n) is 15.3. The van der Waals surface area contributed by atoms with Crippen LogP contribution in [-0.2, 0) is 26.4 Å². The van der Waals surface area contributed by atoms with Gasteiger partial charge in [-0.25, -0.2) is 4.79 Å². The third kappa shape index (κ3) is 5.19. The van der Waals surface area contributed by atoms with Crippen LogP contribution in [0.1, 0.15) is 43.0 Å². The Kier molecular flexibility index (Phi) is 8.20. The summed E-state index contributed by atoms with van der Waals surface area (Å²) in [5.74, 6) is 0.809. The molecule has 0 spiro atoms. The smallest absolute Gasteiger partial charge is 0.331 e. The highest BCUT2D eigenvalue weighted by Gasteiger charge is 2.81. The van der Waals surface area contributed by atoms with E-state index >= 15 is 0 Å².